The number of pyridine rings is 1. The summed E-state index contributed by atoms with van der Waals surface area (Å²) in [7, 11) is 0. The summed E-state index contributed by atoms with van der Waals surface area (Å²) in [4.78, 5) is 6.48. The second-order valence-electron chi connectivity index (χ2n) is 7.28. The van der Waals surface area contributed by atoms with Crippen LogP contribution in [-0.2, 0) is 6.54 Å². The highest BCUT2D eigenvalue weighted by Crippen LogP contribution is 2.23. The first-order valence-electron chi connectivity index (χ1n) is 9.54. The van der Waals surface area contributed by atoms with Crippen LogP contribution in [0.5, 0.6) is 5.75 Å². The predicted octanol–water partition coefficient (Wildman–Crippen LogP) is 4.34. The Labute approximate surface area is 160 Å². The number of hydrogen-bond donors (Lipinski definition) is 0. The SMILES string of the molecule is Cc1ccc(OCC2CCCN(Cc3cc(-c4ccncc4)no3)C2)cc1. The first-order valence-corrected chi connectivity index (χ1v) is 9.54. The third-order valence-electron chi connectivity index (χ3n) is 5.02. The lowest BCUT2D eigenvalue weighted by atomic mass is 9.99. The molecule has 1 fully saturated rings. The van der Waals surface area contributed by atoms with E-state index in [9.17, 15) is 0 Å². The monoisotopic (exact) mass is 363 g/mol. The quantitative estimate of drug-likeness (QED) is 0.652. The molecule has 1 unspecified atom stereocenters. The van der Waals surface area contributed by atoms with Crippen LogP contribution in [0.15, 0.2) is 59.4 Å². The fourth-order valence-electron chi connectivity index (χ4n) is 3.55. The van der Waals surface area contributed by atoms with Crippen molar-refractivity contribution in [1.29, 1.82) is 0 Å². The van der Waals surface area contributed by atoms with Gasteiger partial charge in [0.15, 0.2) is 5.76 Å². The van der Waals surface area contributed by atoms with Crippen molar-refractivity contribution in [3.8, 4) is 17.0 Å². The maximum atomic E-state index is 5.99. The molecule has 5 heteroatoms. The smallest absolute Gasteiger partial charge is 0.151 e. The number of aromatic nitrogens is 2. The van der Waals surface area contributed by atoms with Crippen LogP contribution in [-0.4, -0.2) is 34.7 Å². The van der Waals surface area contributed by atoms with E-state index >= 15 is 0 Å². The average molecular weight is 363 g/mol. The topological polar surface area (TPSA) is 51.4 Å². The number of likely N-dealkylation sites (tertiary alicyclic amines) is 1. The average Bonchev–Trinajstić information content (AvgIpc) is 3.17. The van der Waals surface area contributed by atoms with Gasteiger partial charge >= 0.3 is 0 Å². The van der Waals surface area contributed by atoms with Crippen LogP contribution < -0.4 is 4.74 Å². The number of piperidine rings is 1. The molecule has 3 aromatic rings. The highest BCUT2D eigenvalue weighted by atomic mass is 16.5. The summed E-state index contributed by atoms with van der Waals surface area (Å²) in [5.41, 5.74) is 3.15. The summed E-state index contributed by atoms with van der Waals surface area (Å²) in [5.74, 6) is 2.40. The van der Waals surface area contributed by atoms with E-state index in [4.69, 9.17) is 9.26 Å². The number of ether oxygens (including phenoxy) is 1. The van der Waals surface area contributed by atoms with Crippen molar-refractivity contribution in [2.75, 3.05) is 19.7 Å². The highest BCUT2D eigenvalue weighted by molar-refractivity contribution is 5.57. The summed E-state index contributed by atoms with van der Waals surface area (Å²) in [6.07, 6.45) is 5.94. The van der Waals surface area contributed by atoms with Gasteiger partial charge in [-0.3, -0.25) is 9.88 Å². The van der Waals surface area contributed by atoms with Gasteiger partial charge in [0.25, 0.3) is 0 Å². The molecule has 0 N–H and O–H groups in total. The van der Waals surface area contributed by atoms with Crippen LogP contribution in [0.4, 0.5) is 0 Å². The van der Waals surface area contributed by atoms with Crippen molar-refractivity contribution in [3.05, 3.63) is 66.2 Å². The molecule has 1 aromatic carbocycles. The van der Waals surface area contributed by atoms with Crippen molar-refractivity contribution in [1.82, 2.24) is 15.0 Å². The van der Waals surface area contributed by atoms with Crippen LogP contribution in [0.25, 0.3) is 11.3 Å². The van der Waals surface area contributed by atoms with Crippen LogP contribution in [0.2, 0.25) is 0 Å². The molecule has 0 aliphatic carbocycles. The lowest BCUT2D eigenvalue weighted by Crippen LogP contribution is -2.37. The van der Waals surface area contributed by atoms with Gasteiger partial charge in [-0.25, -0.2) is 0 Å². The van der Waals surface area contributed by atoms with Gasteiger partial charge in [0.1, 0.15) is 11.4 Å². The fraction of sp³-hybridized carbons (Fsp3) is 0.364. The standard InChI is InChI=1S/C22H25N3O2/c1-17-4-6-20(7-5-17)26-16-18-3-2-12-25(14-18)15-21-13-22(24-27-21)19-8-10-23-11-9-19/h4-11,13,18H,2-3,12,14-16H2,1H3. The van der Waals surface area contributed by atoms with Crippen molar-refractivity contribution in [2.24, 2.45) is 5.92 Å². The molecule has 1 saturated heterocycles. The Hall–Kier alpha value is -2.66. The minimum absolute atomic E-state index is 0.544. The number of aryl methyl sites for hydroxylation is 1. The van der Waals surface area contributed by atoms with Gasteiger partial charge in [0.2, 0.25) is 0 Å². The first kappa shape index (κ1) is 17.7. The first-order chi connectivity index (χ1) is 13.3. The van der Waals surface area contributed by atoms with Crippen molar-refractivity contribution >= 4 is 0 Å². The minimum Gasteiger partial charge on any atom is -0.493 e. The molecule has 0 spiro atoms. The summed E-state index contributed by atoms with van der Waals surface area (Å²) >= 11 is 0. The molecule has 1 aliphatic rings. The van der Waals surface area contributed by atoms with Gasteiger partial charge in [0, 0.05) is 36.5 Å². The molecule has 0 saturated carbocycles. The molecule has 2 aromatic heterocycles. The normalized spacial score (nSPS) is 17.7. The molecule has 4 rings (SSSR count). The molecule has 1 aliphatic heterocycles. The van der Waals surface area contributed by atoms with Gasteiger partial charge in [-0.1, -0.05) is 22.9 Å². The van der Waals surface area contributed by atoms with E-state index in [1.165, 1.54) is 18.4 Å². The van der Waals surface area contributed by atoms with E-state index in [2.05, 4.69) is 34.1 Å². The van der Waals surface area contributed by atoms with E-state index in [1.54, 1.807) is 12.4 Å². The van der Waals surface area contributed by atoms with E-state index in [1.807, 2.05) is 30.3 Å². The summed E-state index contributed by atoms with van der Waals surface area (Å²) in [6.45, 7) is 5.76. The molecule has 3 heterocycles. The lowest BCUT2D eigenvalue weighted by molar-refractivity contribution is 0.117. The van der Waals surface area contributed by atoms with Crippen LogP contribution in [0, 0.1) is 12.8 Å². The zero-order valence-corrected chi connectivity index (χ0v) is 15.7. The van der Waals surface area contributed by atoms with E-state index in [0.717, 1.165) is 49.0 Å². The van der Waals surface area contributed by atoms with E-state index in [-0.39, 0.29) is 0 Å². The van der Waals surface area contributed by atoms with Crippen molar-refractivity contribution in [2.45, 2.75) is 26.3 Å². The molecule has 1 atom stereocenters. The van der Waals surface area contributed by atoms with Gasteiger partial charge in [-0.15, -0.1) is 0 Å². The second-order valence-corrected chi connectivity index (χ2v) is 7.28. The number of benzene rings is 1. The largest absolute Gasteiger partial charge is 0.493 e. The Morgan fingerprint density at radius 2 is 1.96 bits per heavy atom. The van der Waals surface area contributed by atoms with Gasteiger partial charge < -0.3 is 9.26 Å². The number of nitrogens with zero attached hydrogens (tertiary/aromatic N) is 3. The fourth-order valence-corrected chi connectivity index (χ4v) is 3.55. The molecule has 0 radical (unpaired) electrons. The molecule has 140 valence electrons. The zero-order chi connectivity index (χ0) is 18.5. The van der Waals surface area contributed by atoms with Gasteiger partial charge in [0.05, 0.1) is 13.2 Å². The molecule has 27 heavy (non-hydrogen) atoms. The van der Waals surface area contributed by atoms with Crippen LogP contribution >= 0.6 is 0 Å². The molecule has 5 nitrogen and oxygen atoms in total. The Morgan fingerprint density at radius 3 is 2.78 bits per heavy atom. The van der Waals surface area contributed by atoms with Gasteiger partial charge in [-0.05, 0) is 50.6 Å². The van der Waals surface area contributed by atoms with E-state index < -0.39 is 0 Å². The Morgan fingerprint density at radius 1 is 1.15 bits per heavy atom. The lowest BCUT2D eigenvalue weighted by Gasteiger charge is -2.31. The zero-order valence-electron chi connectivity index (χ0n) is 15.7. The Bertz CT molecular complexity index is 846. The maximum absolute atomic E-state index is 5.99. The van der Waals surface area contributed by atoms with E-state index in [0.29, 0.717) is 5.92 Å². The summed E-state index contributed by atoms with van der Waals surface area (Å²) in [6, 6.07) is 14.2. The van der Waals surface area contributed by atoms with Crippen LogP contribution in [0.3, 0.4) is 0 Å². The maximum Gasteiger partial charge on any atom is 0.151 e. The highest BCUT2D eigenvalue weighted by Gasteiger charge is 2.22. The Kier molecular flexibility index (Phi) is 5.49. The molecule has 0 bridgehead atoms. The summed E-state index contributed by atoms with van der Waals surface area (Å²) in [5, 5.41) is 4.20. The number of hydrogen-bond acceptors (Lipinski definition) is 5. The number of rotatable bonds is 6. The summed E-state index contributed by atoms with van der Waals surface area (Å²) < 4.78 is 11.5. The molecular formula is C22H25N3O2. The van der Waals surface area contributed by atoms with Crippen LogP contribution in [0.1, 0.15) is 24.2 Å². The minimum atomic E-state index is 0.544. The van der Waals surface area contributed by atoms with Crippen molar-refractivity contribution in [3.63, 3.8) is 0 Å². The predicted molar refractivity (Wildman–Crippen MR) is 104 cm³/mol. The van der Waals surface area contributed by atoms with Crippen molar-refractivity contribution < 1.29 is 9.26 Å². The molecule has 0 amide bonds. The van der Waals surface area contributed by atoms with Gasteiger partial charge in [-0.2, -0.15) is 0 Å². The third-order valence-corrected chi connectivity index (χ3v) is 5.02. The Balaban J connectivity index is 1.31. The third kappa shape index (κ3) is 4.74. The second kappa shape index (κ2) is 8.35. The molecular weight excluding hydrogens is 338 g/mol.